The van der Waals surface area contributed by atoms with Gasteiger partial charge in [0, 0.05) is 11.7 Å². The van der Waals surface area contributed by atoms with Gasteiger partial charge in [0.25, 0.3) is 0 Å². The van der Waals surface area contributed by atoms with Gasteiger partial charge in [-0.15, -0.1) is 11.3 Å². The zero-order valence-electron chi connectivity index (χ0n) is 11.3. The second-order valence-corrected chi connectivity index (χ2v) is 6.96. The van der Waals surface area contributed by atoms with Gasteiger partial charge in [0.15, 0.2) is 4.34 Å². The highest BCUT2D eigenvalue weighted by Gasteiger charge is 2.10. The first kappa shape index (κ1) is 13.4. The molecule has 104 valence electrons. The molecule has 3 rings (SSSR count). The van der Waals surface area contributed by atoms with Gasteiger partial charge in [-0.1, -0.05) is 11.8 Å². The van der Waals surface area contributed by atoms with E-state index in [0.29, 0.717) is 6.04 Å². The number of rotatable bonds is 4. The highest BCUT2D eigenvalue weighted by Crippen LogP contribution is 2.32. The van der Waals surface area contributed by atoms with Crippen LogP contribution in [0.25, 0.3) is 10.2 Å². The van der Waals surface area contributed by atoms with Gasteiger partial charge in [-0.3, -0.25) is 0 Å². The Bertz CT molecular complexity index is 731. The summed E-state index contributed by atoms with van der Waals surface area (Å²) in [6.45, 7) is 4.20. The average Bonchev–Trinajstić information content (AvgIpc) is 3.01. The lowest BCUT2D eigenvalue weighted by atomic mass is 10.3. The first-order chi connectivity index (χ1) is 9.63. The SMILES string of the molecule is CC(C)n1ncnc1CSc1nc2ccc(N)cc2s1. The number of aromatic nitrogens is 4. The zero-order valence-corrected chi connectivity index (χ0v) is 12.9. The van der Waals surface area contributed by atoms with E-state index in [2.05, 4.69) is 28.9 Å². The van der Waals surface area contributed by atoms with Crippen molar-refractivity contribution in [1.82, 2.24) is 19.7 Å². The van der Waals surface area contributed by atoms with Crippen LogP contribution in [-0.2, 0) is 5.75 Å². The second kappa shape index (κ2) is 5.41. The van der Waals surface area contributed by atoms with Crippen LogP contribution in [0.3, 0.4) is 0 Å². The molecule has 0 saturated carbocycles. The summed E-state index contributed by atoms with van der Waals surface area (Å²) in [7, 11) is 0. The molecule has 2 N–H and O–H groups in total. The van der Waals surface area contributed by atoms with Gasteiger partial charge in [-0.05, 0) is 32.0 Å². The Kier molecular flexibility index (Phi) is 3.62. The quantitative estimate of drug-likeness (QED) is 0.591. The molecule has 0 aliphatic carbocycles. The Morgan fingerprint density at radius 3 is 3.05 bits per heavy atom. The van der Waals surface area contributed by atoms with E-state index in [1.165, 1.54) is 0 Å². The van der Waals surface area contributed by atoms with E-state index in [-0.39, 0.29) is 0 Å². The molecule has 0 amide bonds. The molecule has 3 aromatic rings. The number of nitrogens with two attached hydrogens (primary N) is 1. The van der Waals surface area contributed by atoms with Gasteiger partial charge < -0.3 is 5.73 Å². The highest BCUT2D eigenvalue weighted by atomic mass is 32.2. The van der Waals surface area contributed by atoms with E-state index >= 15 is 0 Å². The normalized spacial score (nSPS) is 11.6. The van der Waals surface area contributed by atoms with Crippen LogP contribution in [0, 0.1) is 0 Å². The third-order valence-electron chi connectivity index (χ3n) is 2.85. The summed E-state index contributed by atoms with van der Waals surface area (Å²) in [5, 5.41) is 4.24. The Morgan fingerprint density at radius 2 is 2.25 bits per heavy atom. The third kappa shape index (κ3) is 2.64. The van der Waals surface area contributed by atoms with Crippen molar-refractivity contribution < 1.29 is 0 Å². The van der Waals surface area contributed by atoms with Crippen molar-refractivity contribution in [1.29, 1.82) is 0 Å². The number of benzene rings is 1. The average molecular weight is 305 g/mol. The van der Waals surface area contributed by atoms with Crippen LogP contribution in [0.1, 0.15) is 25.7 Å². The minimum Gasteiger partial charge on any atom is -0.399 e. The van der Waals surface area contributed by atoms with Crippen molar-refractivity contribution in [2.75, 3.05) is 5.73 Å². The lowest BCUT2D eigenvalue weighted by molar-refractivity contribution is 0.514. The maximum Gasteiger partial charge on any atom is 0.151 e. The number of anilines is 1. The molecule has 0 aliphatic heterocycles. The van der Waals surface area contributed by atoms with Crippen LogP contribution in [-0.4, -0.2) is 19.7 Å². The Morgan fingerprint density at radius 1 is 1.40 bits per heavy atom. The standard InChI is InChI=1S/C13H15N5S2/c1-8(2)18-12(15-7-16-18)6-19-13-17-10-4-3-9(14)5-11(10)20-13/h3-5,7-8H,6,14H2,1-2H3. The van der Waals surface area contributed by atoms with E-state index in [9.17, 15) is 0 Å². The third-order valence-corrected chi connectivity index (χ3v) is 5.01. The Balaban J connectivity index is 1.78. The van der Waals surface area contributed by atoms with Crippen LogP contribution < -0.4 is 5.73 Å². The number of hydrogen-bond donors (Lipinski definition) is 1. The minimum atomic E-state index is 0.322. The molecular formula is C13H15N5S2. The van der Waals surface area contributed by atoms with Crippen molar-refractivity contribution in [2.24, 2.45) is 0 Å². The molecule has 0 spiro atoms. The van der Waals surface area contributed by atoms with Crippen LogP contribution in [0.5, 0.6) is 0 Å². The first-order valence-corrected chi connectivity index (χ1v) is 8.11. The van der Waals surface area contributed by atoms with Gasteiger partial charge in [-0.2, -0.15) is 5.10 Å². The number of nitrogens with zero attached hydrogens (tertiary/aromatic N) is 4. The van der Waals surface area contributed by atoms with E-state index in [1.54, 1.807) is 29.4 Å². The van der Waals surface area contributed by atoms with Gasteiger partial charge >= 0.3 is 0 Å². The molecule has 0 aliphatic rings. The summed E-state index contributed by atoms with van der Waals surface area (Å²) in [6.07, 6.45) is 1.61. The first-order valence-electron chi connectivity index (χ1n) is 6.31. The van der Waals surface area contributed by atoms with E-state index < -0.39 is 0 Å². The zero-order chi connectivity index (χ0) is 14.1. The molecule has 0 fully saturated rings. The summed E-state index contributed by atoms with van der Waals surface area (Å²) >= 11 is 3.35. The molecule has 20 heavy (non-hydrogen) atoms. The summed E-state index contributed by atoms with van der Waals surface area (Å²) in [6, 6.07) is 6.13. The predicted molar refractivity (Wildman–Crippen MR) is 84.0 cm³/mol. The lowest BCUT2D eigenvalue weighted by Gasteiger charge is -2.07. The fraction of sp³-hybridized carbons (Fsp3) is 0.308. The largest absolute Gasteiger partial charge is 0.399 e. The number of thiazole rings is 1. The van der Waals surface area contributed by atoms with Crippen LogP contribution in [0.15, 0.2) is 28.9 Å². The topological polar surface area (TPSA) is 69.6 Å². The molecule has 1 aromatic carbocycles. The number of nitrogen functional groups attached to an aromatic ring is 1. The van der Waals surface area contributed by atoms with E-state index in [4.69, 9.17) is 5.73 Å². The maximum absolute atomic E-state index is 5.79. The molecule has 0 saturated heterocycles. The molecule has 2 aromatic heterocycles. The summed E-state index contributed by atoms with van der Waals surface area (Å²) in [4.78, 5) is 8.90. The fourth-order valence-electron chi connectivity index (χ4n) is 1.92. The van der Waals surface area contributed by atoms with Crippen molar-refractivity contribution in [3.63, 3.8) is 0 Å². The smallest absolute Gasteiger partial charge is 0.151 e. The molecule has 5 nitrogen and oxygen atoms in total. The second-order valence-electron chi connectivity index (χ2n) is 4.71. The molecule has 0 atom stereocenters. The molecule has 2 heterocycles. The van der Waals surface area contributed by atoms with E-state index in [1.807, 2.05) is 22.9 Å². The van der Waals surface area contributed by atoms with Crippen LogP contribution in [0.4, 0.5) is 5.69 Å². The van der Waals surface area contributed by atoms with Crippen LogP contribution >= 0.6 is 23.1 Å². The predicted octanol–water partition coefficient (Wildman–Crippen LogP) is 3.34. The van der Waals surface area contributed by atoms with Crippen molar-refractivity contribution in [3.8, 4) is 0 Å². The Labute approximate surface area is 125 Å². The van der Waals surface area contributed by atoms with Gasteiger partial charge in [0.05, 0.1) is 16.0 Å². The van der Waals surface area contributed by atoms with Crippen molar-refractivity contribution in [2.45, 2.75) is 30.0 Å². The van der Waals surface area contributed by atoms with Crippen LogP contribution in [0.2, 0.25) is 0 Å². The van der Waals surface area contributed by atoms with Crippen molar-refractivity contribution in [3.05, 3.63) is 30.4 Å². The summed E-state index contributed by atoms with van der Waals surface area (Å²) in [5.74, 6) is 1.75. The molecule has 0 unspecified atom stereocenters. The molecule has 0 radical (unpaired) electrons. The number of thioether (sulfide) groups is 1. The maximum atomic E-state index is 5.79. The molecular weight excluding hydrogens is 290 g/mol. The Hall–Kier alpha value is -1.60. The summed E-state index contributed by atoms with van der Waals surface area (Å²) < 4.78 is 4.10. The number of fused-ring (bicyclic) bond motifs is 1. The fourth-order valence-corrected chi connectivity index (χ4v) is 3.97. The van der Waals surface area contributed by atoms with Gasteiger partial charge in [0.2, 0.25) is 0 Å². The van der Waals surface area contributed by atoms with Crippen molar-refractivity contribution >= 4 is 39.0 Å². The van der Waals surface area contributed by atoms with Gasteiger partial charge in [-0.25, -0.2) is 14.6 Å². The molecule has 0 bridgehead atoms. The number of hydrogen-bond acceptors (Lipinski definition) is 6. The molecule has 7 heteroatoms. The van der Waals surface area contributed by atoms with Gasteiger partial charge in [0.1, 0.15) is 12.2 Å². The highest BCUT2D eigenvalue weighted by molar-refractivity contribution is 8.00. The summed E-state index contributed by atoms with van der Waals surface area (Å²) in [5.41, 5.74) is 7.56. The van der Waals surface area contributed by atoms with E-state index in [0.717, 1.165) is 31.8 Å². The lowest BCUT2D eigenvalue weighted by Crippen LogP contribution is -2.07. The monoisotopic (exact) mass is 305 g/mol. The minimum absolute atomic E-state index is 0.322.